The number of alkyl halides is 3. The molecular weight excluding hydrogens is 473 g/mol. The lowest BCUT2D eigenvalue weighted by Gasteiger charge is -2.11. The van der Waals surface area contributed by atoms with Gasteiger partial charge in [0.1, 0.15) is 11.5 Å². The number of carbonyl (C=O) groups excluding carboxylic acids is 1. The molecule has 1 amide bonds. The Balaban J connectivity index is 1.66. The van der Waals surface area contributed by atoms with E-state index in [1.165, 1.54) is 37.5 Å². The molecule has 0 unspecified atom stereocenters. The lowest BCUT2D eigenvalue weighted by Crippen LogP contribution is -2.13. The number of ether oxygens (including phenoxy) is 1. The van der Waals surface area contributed by atoms with Crippen molar-refractivity contribution in [3.63, 3.8) is 0 Å². The molecule has 0 radical (unpaired) electrons. The summed E-state index contributed by atoms with van der Waals surface area (Å²) in [5, 5.41) is 12.8. The van der Waals surface area contributed by atoms with E-state index >= 15 is 0 Å². The second-order valence-electron chi connectivity index (χ2n) is 7.32. The number of rotatable bonds is 5. The fourth-order valence-corrected chi connectivity index (χ4v) is 4.43. The van der Waals surface area contributed by atoms with Crippen molar-refractivity contribution in [3.05, 3.63) is 77.4 Å². The highest BCUT2D eigenvalue weighted by Crippen LogP contribution is 2.37. The van der Waals surface area contributed by atoms with Gasteiger partial charge < -0.3 is 15.2 Å². The van der Waals surface area contributed by atoms with E-state index in [-0.39, 0.29) is 27.5 Å². The maximum Gasteiger partial charge on any atom is 0.416 e. The van der Waals surface area contributed by atoms with Crippen LogP contribution >= 0.6 is 0 Å². The number of fused-ring (bicyclic) bond motifs is 1. The van der Waals surface area contributed by atoms with E-state index in [0.29, 0.717) is 17.0 Å². The van der Waals surface area contributed by atoms with E-state index in [4.69, 9.17) is 4.74 Å². The first-order chi connectivity index (χ1) is 16.0. The van der Waals surface area contributed by atoms with Crippen molar-refractivity contribution in [2.45, 2.75) is 11.1 Å². The first-order valence-electron chi connectivity index (χ1n) is 9.72. The van der Waals surface area contributed by atoms with Gasteiger partial charge in [-0.25, -0.2) is 8.42 Å². The molecule has 0 fully saturated rings. The van der Waals surface area contributed by atoms with E-state index < -0.39 is 27.7 Å². The molecule has 11 heteroatoms. The predicted molar refractivity (Wildman–Crippen MR) is 120 cm³/mol. The molecule has 4 rings (SSSR count). The zero-order chi connectivity index (χ0) is 24.7. The zero-order valence-corrected chi connectivity index (χ0v) is 18.3. The van der Waals surface area contributed by atoms with Crippen molar-refractivity contribution in [1.29, 1.82) is 0 Å². The Morgan fingerprint density at radius 1 is 1.03 bits per heavy atom. The quantitative estimate of drug-likeness (QED) is 0.449. The number of carbonyl (C=O) groups is 1. The number of phenolic OH excluding ortho intramolecular Hbond substituents is 1. The van der Waals surface area contributed by atoms with Crippen LogP contribution in [-0.4, -0.2) is 26.5 Å². The summed E-state index contributed by atoms with van der Waals surface area (Å²) < 4.78 is 71.2. The molecule has 0 bridgehead atoms. The number of hydrogen-bond acceptors (Lipinski definition) is 5. The van der Waals surface area contributed by atoms with Gasteiger partial charge in [0.2, 0.25) is 0 Å². The Bertz CT molecular complexity index is 1420. The molecule has 0 atom stereocenters. The van der Waals surface area contributed by atoms with Crippen LogP contribution in [0.1, 0.15) is 16.7 Å². The van der Waals surface area contributed by atoms with Gasteiger partial charge in [0.05, 0.1) is 17.6 Å². The number of nitrogens with one attached hydrogen (secondary N) is 2. The van der Waals surface area contributed by atoms with Gasteiger partial charge in [-0.05, 0) is 60.7 Å². The lowest BCUT2D eigenvalue weighted by atomic mass is 10.0. The first-order valence-corrected chi connectivity index (χ1v) is 11.2. The molecule has 3 aromatic carbocycles. The minimum Gasteiger partial charge on any atom is -0.507 e. The van der Waals surface area contributed by atoms with Crippen molar-refractivity contribution in [1.82, 2.24) is 0 Å². The average molecular weight is 490 g/mol. The zero-order valence-electron chi connectivity index (χ0n) is 17.5. The number of benzene rings is 3. The fraction of sp³-hybridized carbons (Fsp3) is 0.0870. The topological polar surface area (TPSA) is 105 Å². The largest absolute Gasteiger partial charge is 0.507 e. The highest BCUT2D eigenvalue weighted by Gasteiger charge is 2.30. The van der Waals surface area contributed by atoms with E-state index in [0.717, 1.165) is 24.3 Å². The third-order valence-corrected chi connectivity index (χ3v) is 6.47. The number of methoxy groups -OCH3 is 1. The summed E-state index contributed by atoms with van der Waals surface area (Å²) in [7, 11) is -2.74. The van der Waals surface area contributed by atoms with Crippen LogP contribution in [0.15, 0.2) is 65.6 Å². The van der Waals surface area contributed by atoms with Gasteiger partial charge in [0, 0.05) is 34.1 Å². The van der Waals surface area contributed by atoms with Crippen molar-refractivity contribution >= 4 is 39.0 Å². The number of anilines is 2. The Morgan fingerprint density at radius 3 is 2.35 bits per heavy atom. The summed E-state index contributed by atoms with van der Waals surface area (Å²) in [4.78, 5) is 12.3. The fourth-order valence-electron chi connectivity index (χ4n) is 3.35. The summed E-state index contributed by atoms with van der Waals surface area (Å²) in [6.45, 7) is 0. The number of aromatic hydroxyl groups is 1. The highest BCUT2D eigenvalue weighted by molar-refractivity contribution is 7.92. The number of amides is 1. The highest BCUT2D eigenvalue weighted by atomic mass is 32.2. The number of hydrogen-bond donors (Lipinski definition) is 3. The van der Waals surface area contributed by atoms with Gasteiger partial charge in [-0.15, -0.1) is 0 Å². The molecule has 0 saturated carbocycles. The molecule has 0 saturated heterocycles. The molecule has 0 aliphatic carbocycles. The molecule has 1 aliphatic heterocycles. The smallest absolute Gasteiger partial charge is 0.416 e. The summed E-state index contributed by atoms with van der Waals surface area (Å²) in [5.41, 5.74) is 0.140. The van der Waals surface area contributed by atoms with Gasteiger partial charge in [-0.3, -0.25) is 9.52 Å². The van der Waals surface area contributed by atoms with Gasteiger partial charge in [0.15, 0.2) is 0 Å². The molecule has 0 aromatic heterocycles. The minimum absolute atomic E-state index is 0.0541. The molecule has 0 spiro atoms. The Kier molecular flexibility index (Phi) is 5.74. The van der Waals surface area contributed by atoms with Gasteiger partial charge in [-0.2, -0.15) is 13.2 Å². The molecule has 1 aliphatic rings. The molecule has 3 aromatic rings. The minimum atomic E-state index is -4.54. The summed E-state index contributed by atoms with van der Waals surface area (Å²) in [6.07, 6.45) is -3.13. The van der Waals surface area contributed by atoms with Gasteiger partial charge in [-0.1, -0.05) is 0 Å². The van der Waals surface area contributed by atoms with Gasteiger partial charge >= 0.3 is 6.18 Å². The molecular formula is C23H17F3N2O5S. The average Bonchev–Trinajstić information content (AvgIpc) is 3.09. The van der Waals surface area contributed by atoms with Crippen LogP contribution in [0.5, 0.6) is 11.5 Å². The predicted octanol–water partition coefficient (Wildman–Crippen LogP) is 4.71. The van der Waals surface area contributed by atoms with Crippen LogP contribution in [0.3, 0.4) is 0 Å². The Hall–Kier alpha value is -3.99. The van der Waals surface area contributed by atoms with Crippen LogP contribution in [-0.2, 0) is 21.0 Å². The van der Waals surface area contributed by atoms with Crippen molar-refractivity contribution in [3.8, 4) is 11.5 Å². The van der Waals surface area contributed by atoms with Crippen molar-refractivity contribution in [2.24, 2.45) is 0 Å². The summed E-state index contributed by atoms with van der Waals surface area (Å²) >= 11 is 0. The number of halogens is 3. The Morgan fingerprint density at radius 2 is 1.74 bits per heavy atom. The second-order valence-corrected chi connectivity index (χ2v) is 9.01. The summed E-state index contributed by atoms with van der Waals surface area (Å²) in [5.74, 6) is -0.213. The van der Waals surface area contributed by atoms with Crippen LogP contribution < -0.4 is 14.8 Å². The monoisotopic (exact) mass is 490 g/mol. The first kappa shape index (κ1) is 23.2. The maximum absolute atomic E-state index is 12.8. The molecule has 176 valence electrons. The SMILES string of the molecule is COc1ccc(C=C2C(=O)Nc3ccc(S(=O)(=O)Nc4ccc(C(F)(F)F)cc4)cc32)c(O)c1. The second kappa shape index (κ2) is 8.41. The van der Waals surface area contributed by atoms with E-state index in [1.807, 2.05) is 0 Å². The summed E-state index contributed by atoms with van der Waals surface area (Å²) in [6, 6.07) is 12.0. The third-order valence-electron chi connectivity index (χ3n) is 5.09. The third kappa shape index (κ3) is 4.55. The van der Waals surface area contributed by atoms with Crippen LogP contribution in [0.2, 0.25) is 0 Å². The normalized spacial score (nSPS) is 14.6. The number of sulfonamides is 1. The van der Waals surface area contributed by atoms with Gasteiger partial charge in [0.25, 0.3) is 15.9 Å². The molecule has 34 heavy (non-hydrogen) atoms. The lowest BCUT2D eigenvalue weighted by molar-refractivity contribution is -0.137. The van der Waals surface area contributed by atoms with Crippen LogP contribution in [0, 0.1) is 0 Å². The van der Waals surface area contributed by atoms with Crippen molar-refractivity contribution in [2.75, 3.05) is 17.1 Å². The van der Waals surface area contributed by atoms with Crippen molar-refractivity contribution < 1.29 is 36.2 Å². The van der Waals surface area contributed by atoms with Crippen LogP contribution in [0.25, 0.3) is 11.6 Å². The Labute approximate surface area is 192 Å². The molecule has 7 nitrogen and oxygen atoms in total. The standard InChI is InChI=1S/C23H17F3N2O5S/c1-33-16-7-2-13(21(29)11-16)10-19-18-12-17(8-9-20(18)27-22(19)30)34(31,32)28-15-5-3-14(4-6-15)23(24,25)26/h2-12,28-29H,1H3,(H,27,30). The van der Waals surface area contributed by atoms with E-state index in [2.05, 4.69) is 10.0 Å². The molecule has 3 N–H and O–H groups in total. The van der Waals surface area contributed by atoms with Crippen LogP contribution in [0.4, 0.5) is 24.5 Å². The number of phenols is 1. The maximum atomic E-state index is 12.8. The van der Waals surface area contributed by atoms with E-state index in [9.17, 15) is 31.5 Å². The van der Waals surface area contributed by atoms with E-state index in [1.54, 1.807) is 12.1 Å². The molecule has 1 heterocycles.